The molecule has 1 atom stereocenters. The number of hydrogen-bond acceptors (Lipinski definition) is 5. The van der Waals surface area contributed by atoms with E-state index in [1.165, 1.54) is 19.4 Å². The van der Waals surface area contributed by atoms with E-state index in [1.54, 1.807) is 0 Å². The Balaban J connectivity index is 1.87. The summed E-state index contributed by atoms with van der Waals surface area (Å²) in [5, 5.41) is 12.7. The highest BCUT2D eigenvalue weighted by Gasteiger charge is 2.19. The molecule has 1 aromatic rings. The third-order valence-corrected chi connectivity index (χ3v) is 3.03. The molecule has 90 valence electrons. The smallest absolute Gasteiger partial charge is 0.228 e. The van der Waals surface area contributed by atoms with Crippen molar-refractivity contribution in [1.82, 2.24) is 15.0 Å². The molecule has 5 heteroatoms. The molecule has 0 saturated carbocycles. The van der Waals surface area contributed by atoms with Crippen LogP contribution in [0.4, 0.5) is 0 Å². The molecule has 0 aromatic carbocycles. The van der Waals surface area contributed by atoms with Gasteiger partial charge in [0.2, 0.25) is 5.89 Å². The maximum absolute atomic E-state index is 8.75. The van der Waals surface area contributed by atoms with E-state index in [9.17, 15) is 0 Å². The third kappa shape index (κ3) is 3.02. The normalized spacial score (nSPS) is 22.5. The van der Waals surface area contributed by atoms with Crippen LogP contribution in [-0.4, -0.2) is 46.9 Å². The van der Waals surface area contributed by atoms with Crippen LogP contribution in [0.5, 0.6) is 0 Å². The lowest BCUT2D eigenvalue weighted by molar-refractivity contribution is 0.206. The van der Waals surface area contributed by atoms with Crippen molar-refractivity contribution in [1.29, 1.82) is 0 Å². The Kier molecular flexibility index (Phi) is 3.90. The second-order valence-electron chi connectivity index (χ2n) is 4.55. The number of nitrogens with zero attached hydrogens (tertiary/aromatic N) is 3. The lowest BCUT2D eigenvalue weighted by Crippen LogP contribution is -2.33. The van der Waals surface area contributed by atoms with Gasteiger partial charge in [0.1, 0.15) is 0 Å². The molecule has 1 unspecified atom stereocenters. The van der Waals surface area contributed by atoms with Crippen LogP contribution in [0.15, 0.2) is 4.52 Å². The van der Waals surface area contributed by atoms with Crippen LogP contribution in [0.2, 0.25) is 0 Å². The highest BCUT2D eigenvalue weighted by molar-refractivity contribution is 4.90. The summed E-state index contributed by atoms with van der Waals surface area (Å²) >= 11 is 0. The number of rotatable bonds is 4. The van der Waals surface area contributed by atoms with Crippen molar-refractivity contribution in [2.24, 2.45) is 5.92 Å². The standard InChI is InChI=1S/C11H19N3O2/c1-14-5-2-3-9(8-14)7-10-12-11(4-6-15)16-13-10/h9,15H,2-8H2,1H3. The summed E-state index contributed by atoms with van der Waals surface area (Å²) in [7, 11) is 2.15. The predicted molar refractivity (Wildman–Crippen MR) is 59.0 cm³/mol. The van der Waals surface area contributed by atoms with Gasteiger partial charge in [-0.3, -0.25) is 0 Å². The number of piperidine rings is 1. The molecule has 0 amide bonds. The van der Waals surface area contributed by atoms with Crippen LogP contribution in [0.25, 0.3) is 0 Å². The van der Waals surface area contributed by atoms with Gasteiger partial charge >= 0.3 is 0 Å². The summed E-state index contributed by atoms with van der Waals surface area (Å²) in [6, 6.07) is 0. The van der Waals surface area contributed by atoms with Gasteiger partial charge in [0.05, 0.1) is 13.0 Å². The highest BCUT2D eigenvalue weighted by atomic mass is 16.5. The Bertz CT molecular complexity index is 327. The molecule has 5 nitrogen and oxygen atoms in total. The van der Waals surface area contributed by atoms with E-state index in [2.05, 4.69) is 22.1 Å². The van der Waals surface area contributed by atoms with Crippen LogP contribution in [0.1, 0.15) is 24.6 Å². The van der Waals surface area contributed by atoms with Crippen LogP contribution in [0, 0.1) is 5.92 Å². The monoisotopic (exact) mass is 225 g/mol. The Morgan fingerprint density at radius 3 is 3.19 bits per heavy atom. The Hall–Kier alpha value is -0.940. The minimum atomic E-state index is 0.0633. The molecule has 1 saturated heterocycles. The average Bonchev–Trinajstić information content (AvgIpc) is 2.66. The molecular formula is C11H19N3O2. The first-order chi connectivity index (χ1) is 7.78. The maximum atomic E-state index is 8.75. The molecule has 0 aliphatic carbocycles. The SMILES string of the molecule is CN1CCCC(Cc2noc(CCO)n2)C1. The summed E-state index contributed by atoms with van der Waals surface area (Å²) < 4.78 is 5.04. The summed E-state index contributed by atoms with van der Waals surface area (Å²) in [6.45, 7) is 2.37. The van der Waals surface area contributed by atoms with Gasteiger partial charge in [0.15, 0.2) is 5.82 Å². The predicted octanol–water partition coefficient (Wildman–Crippen LogP) is 0.489. The molecule has 0 bridgehead atoms. The summed E-state index contributed by atoms with van der Waals surface area (Å²) in [6.07, 6.45) is 3.84. The number of aliphatic hydroxyl groups is 1. The number of hydrogen-bond donors (Lipinski definition) is 1. The van der Waals surface area contributed by atoms with Gasteiger partial charge in [-0.15, -0.1) is 0 Å². The molecule has 1 aromatic heterocycles. The van der Waals surface area contributed by atoms with Crippen molar-refractivity contribution in [2.45, 2.75) is 25.7 Å². The van der Waals surface area contributed by atoms with Gasteiger partial charge in [0, 0.05) is 13.0 Å². The summed E-state index contributed by atoms with van der Waals surface area (Å²) in [5.41, 5.74) is 0. The molecule has 16 heavy (non-hydrogen) atoms. The first-order valence-corrected chi connectivity index (χ1v) is 5.89. The second kappa shape index (κ2) is 5.41. The van der Waals surface area contributed by atoms with Crippen LogP contribution < -0.4 is 0 Å². The van der Waals surface area contributed by atoms with E-state index in [0.29, 0.717) is 18.2 Å². The van der Waals surface area contributed by atoms with Crippen molar-refractivity contribution in [3.63, 3.8) is 0 Å². The van der Waals surface area contributed by atoms with E-state index in [0.717, 1.165) is 18.8 Å². The zero-order chi connectivity index (χ0) is 11.4. The van der Waals surface area contributed by atoms with Crippen LogP contribution in [0.3, 0.4) is 0 Å². The van der Waals surface area contributed by atoms with E-state index >= 15 is 0 Å². The minimum absolute atomic E-state index is 0.0633. The quantitative estimate of drug-likeness (QED) is 0.808. The largest absolute Gasteiger partial charge is 0.396 e. The second-order valence-corrected chi connectivity index (χ2v) is 4.55. The van der Waals surface area contributed by atoms with Gasteiger partial charge in [0.25, 0.3) is 0 Å². The lowest BCUT2D eigenvalue weighted by atomic mass is 9.95. The van der Waals surface area contributed by atoms with E-state index in [-0.39, 0.29) is 6.61 Å². The van der Waals surface area contributed by atoms with Crippen molar-refractivity contribution < 1.29 is 9.63 Å². The molecule has 1 N–H and O–H groups in total. The fraction of sp³-hybridized carbons (Fsp3) is 0.818. The number of aromatic nitrogens is 2. The Morgan fingerprint density at radius 2 is 2.44 bits per heavy atom. The molecule has 1 aliphatic rings. The van der Waals surface area contributed by atoms with Crippen molar-refractivity contribution in [3.05, 3.63) is 11.7 Å². The summed E-state index contributed by atoms with van der Waals surface area (Å²) in [5.74, 6) is 1.96. The van der Waals surface area contributed by atoms with Crippen LogP contribution in [-0.2, 0) is 12.8 Å². The van der Waals surface area contributed by atoms with Crippen LogP contribution >= 0.6 is 0 Å². The number of aliphatic hydroxyl groups excluding tert-OH is 1. The topological polar surface area (TPSA) is 62.4 Å². The first kappa shape index (κ1) is 11.5. The fourth-order valence-electron chi connectivity index (χ4n) is 2.27. The van der Waals surface area contributed by atoms with Crippen molar-refractivity contribution in [3.8, 4) is 0 Å². The highest BCUT2D eigenvalue weighted by Crippen LogP contribution is 2.18. The fourth-order valence-corrected chi connectivity index (χ4v) is 2.27. The Labute approximate surface area is 95.4 Å². The van der Waals surface area contributed by atoms with Gasteiger partial charge in [-0.05, 0) is 32.4 Å². The lowest BCUT2D eigenvalue weighted by Gasteiger charge is -2.28. The molecule has 0 radical (unpaired) electrons. The minimum Gasteiger partial charge on any atom is -0.396 e. The van der Waals surface area contributed by atoms with Gasteiger partial charge in [-0.1, -0.05) is 5.16 Å². The van der Waals surface area contributed by atoms with E-state index < -0.39 is 0 Å². The van der Waals surface area contributed by atoms with Crippen molar-refractivity contribution in [2.75, 3.05) is 26.7 Å². The molecule has 2 heterocycles. The molecular weight excluding hydrogens is 206 g/mol. The van der Waals surface area contributed by atoms with Gasteiger partial charge in [-0.25, -0.2) is 0 Å². The first-order valence-electron chi connectivity index (χ1n) is 5.89. The van der Waals surface area contributed by atoms with Crippen molar-refractivity contribution >= 4 is 0 Å². The number of likely N-dealkylation sites (tertiary alicyclic amines) is 1. The van der Waals surface area contributed by atoms with E-state index in [1.807, 2.05) is 0 Å². The molecule has 1 fully saturated rings. The molecule has 1 aliphatic heterocycles. The van der Waals surface area contributed by atoms with Gasteiger partial charge < -0.3 is 14.5 Å². The maximum Gasteiger partial charge on any atom is 0.228 e. The molecule has 2 rings (SSSR count). The van der Waals surface area contributed by atoms with E-state index in [4.69, 9.17) is 9.63 Å². The molecule has 0 spiro atoms. The summed E-state index contributed by atoms with van der Waals surface area (Å²) in [4.78, 5) is 6.61. The third-order valence-electron chi connectivity index (χ3n) is 3.03. The Morgan fingerprint density at radius 1 is 1.56 bits per heavy atom. The van der Waals surface area contributed by atoms with Gasteiger partial charge in [-0.2, -0.15) is 4.98 Å². The zero-order valence-electron chi connectivity index (χ0n) is 9.72. The average molecular weight is 225 g/mol. The zero-order valence-corrected chi connectivity index (χ0v) is 9.72.